The first-order chi connectivity index (χ1) is 9.31. The van der Waals surface area contributed by atoms with E-state index in [0.29, 0.717) is 0 Å². The number of nitrogens with zero attached hydrogens (tertiary/aromatic N) is 3. The fourth-order valence-corrected chi connectivity index (χ4v) is 2.67. The molecular weight excluding hydrogens is 256 g/mol. The van der Waals surface area contributed by atoms with Crippen LogP contribution in [-0.4, -0.2) is 14.8 Å². The van der Waals surface area contributed by atoms with Crippen molar-refractivity contribution in [3.63, 3.8) is 0 Å². The van der Waals surface area contributed by atoms with E-state index in [1.807, 2.05) is 23.5 Å². The predicted molar refractivity (Wildman–Crippen MR) is 77.7 cm³/mol. The summed E-state index contributed by atoms with van der Waals surface area (Å²) in [7, 11) is 0. The van der Waals surface area contributed by atoms with Gasteiger partial charge in [-0.25, -0.2) is 9.67 Å². The molecule has 0 saturated heterocycles. The summed E-state index contributed by atoms with van der Waals surface area (Å²) in [6.45, 7) is 2.99. The number of thiophene rings is 1. The van der Waals surface area contributed by atoms with Gasteiger partial charge in [-0.2, -0.15) is 5.10 Å². The number of aryl methyl sites for hydroxylation is 1. The topological polar surface area (TPSA) is 42.7 Å². The molecule has 0 unspecified atom stereocenters. The summed E-state index contributed by atoms with van der Waals surface area (Å²) in [5, 5.41) is 7.51. The summed E-state index contributed by atoms with van der Waals surface area (Å²) in [5.41, 5.74) is 2.12. The average molecular weight is 270 g/mol. The Labute approximate surface area is 115 Å². The Morgan fingerprint density at radius 1 is 1.16 bits per heavy atom. The lowest BCUT2D eigenvalue weighted by Gasteiger charge is -2.06. The van der Waals surface area contributed by atoms with E-state index >= 15 is 0 Å². The van der Waals surface area contributed by atoms with Crippen LogP contribution in [0.2, 0.25) is 0 Å². The zero-order chi connectivity index (χ0) is 13.1. The molecule has 5 heteroatoms. The molecule has 0 atom stereocenters. The zero-order valence-corrected chi connectivity index (χ0v) is 11.4. The zero-order valence-electron chi connectivity index (χ0n) is 10.6. The van der Waals surface area contributed by atoms with E-state index in [-0.39, 0.29) is 0 Å². The van der Waals surface area contributed by atoms with Crippen LogP contribution in [0.5, 0.6) is 0 Å². The van der Waals surface area contributed by atoms with Gasteiger partial charge in [0, 0.05) is 22.0 Å². The first-order valence-corrected chi connectivity index (χ1v) is 6.87. The Hall–Kier alpha value is -2.14. The minimum atomic E-state index is 0.862. The summed E-state index contributed by atoms with van der Waals surface area (Å²) in [6.07, 6.45) is 3.22. The van der Waals surface area contributed by atoms with Crippen molar-refractivity contribution in [2.75, 3.05) is 5.32 Å². The van der Waals surface area contributed by atoms with E-state index in [1.165, 1.54) is 16.1 Å². The lowest BCUT2D eigenvalue weighted by Crippen LogP contribution is -1.98. The third-order valence-corrected chi connectivity index (χ3v) is 3.81. The van der Waals surface area contributed by atoms with Crippen molar-refractivity contribution < 1.29 is 0 Å². The second-order valence-corrected chi connectivity index (χ2v) is 5.63. The maximum atomic E-state index is 4.10. The van der Waals surface area contributed by atoms with Crippen LogP contribution < -0.4 is 5.32 Å². The fraction of sp³-hybridized carbons (Fsp3) is 0.143. The number of hydrogen-bond acceptors (Lipinski definition) is 4. The van der Waals surface area contributed by atoms with Crippen LogP contribution in [0.3, 0.4) is 0 Å². The number of aromatic nitrogens is 3. The molecule has 96 valence electrons. The molecule has 3 rings (SSSR count). The Bertz CT molecular complexity index is 640. The smallest absolute Gasteiger partial charge is 0.138 e. The number of rotatable bonds is 4. The minimum absolute atomic E-state index is 0.862. The summed E-state index contributed by atoms with van der Waals surface area (Å²) in [5.74, 6) is 0. The van der Waals surface area contributed by atoms with E-state index in [1.54, 1.807) is 11.0 Å². The van der Waals surface area contributed by atoms with Crippen LogP contribution in [0.15, 0.2) is 49.1 Å². The molecule has 1 N–H and O–H groups in total. The quantitative estimate of drug-likeness (QED) is 0.791. The van der Waals surface area contributed by atoms with Crippen LogP contribution in [-0.2, 0) is 6.54 Å². The monoisotopic (exact) mass is 270 g/mol. The molecule has 0 radical (unpaired) electrons. The van der Waals surface area contributed by atoms with E-state index in [9.17, 15) is 0 Å². The van der Waals surface area contributed by atoms with Crippen molar-refractivity contribution in [1.82, 2.24) is 14.8 Å². The molecule has 0 amide bonds. The summed E-state index contributed by atoms with van der Waals surface area (Å²) >= 11 is 1.82. The van der Waals surface area contributed by atoms with Crippen molar-refractivity contribution in [3.05, 3.63) is 58.8 Å². The van der Waals surface area contributed by atoms with E-state index in [2.05, 4.69) is 46.6 Å². The molecule has 0 saturated carbocycles. The lowest BCUT2D eigenvalue weighted by molar-refractivity contribution is 0.879. The second-order valence-electron chi connectivity index (χ2n) is 4.25. The molecule has 2 heterocycles. The SMILES string of the molecule is Cc1ccc(CNc2ccc(-n3cncn3)cc2)s1. The van der Waals surface area contributed by atoms with Gasteiger partial charge in [-0.15, -0.1) is 11.3 Å². The molecule has 3 aromatic rings. The summed E-state index contributed by atoms with van der Waals surface area (Å²) in [4.78, 5) is 6.63. The van der Waals surface area contributed by atoms with Gasteiger partial charge in [0.15, 0.2) is 0 Å². The molecule has 0 aliphatic carbocycles. The molecule has 0 bridgehead atoms. The van der Waals surface area contributed by atoms with Crippen molar-refractivity contribution in [3.8, 4) is 5.69 Å². The van der Waals surface area contributed by atoms with Gasteiger partial charge in [0.1, 0.15) is 12.7 Å². The van der Waals surface area contributed by atoms with Gasteiger partial charge in [0.05, 0.1) is 5.69 Å². The molecule has 2 aromatic heterocycles. The Morgan fingerprint density at radius 3 is 2.63 bits per heavy atom. The summed E-state index contributed by atoms with van der Waals surface area (Å²) < 4.78 is 1.74. The molecule has 0 fully saturated rings. The van der Waals surface area contributed by atoms with Crippen LogP contribution in [0.1, 0.15) is 9.75 Å². The highest BCUT2D eigenvalue weighted by molar-refractivity contribution is 7.11. The Morgan fingerprint density at radius 2 is 2.00 bits per heavy atom. The molecule has 0 aliphatic heterocycles. The van der Waals surface area contributed by atoms with E-state index in [0.717, 1.165) is 17.9 Å². The predicted octanol–water partition coefficient (Wildman–Crippen LogP) is 3.25. The van der Waals surface area contributed by atoms with Gasteiger partial charge in [0.2, 0.25) is 0 Å². The van der Waals surface area contributed by atoms with Crippen LogP contribution in [0.4, 0.5) is 5.69 Å². The molecule has 0 spiro atoms. The number of anilines is 1. The van der Waals surface area contributed by atoms with Gasteiger partial charge >= 0.3 is 0 Å². The number of hydrogen-bond donors (Lipinski definition) is 1. The normalized spacial score (nSPS) is 10.6. The maximum Gasteiger partial charge on any atom is 0.138 e. The van der Waals surface area contributed by atoms with Gasteiger partial charge in [-0.05, 0) is 43.3 Å². The highest BCUT2D eigenvalue weighted by atomic mass is 32.1. The third kappa shape index (κ3) is 2.82. The van der Waals surface area contributed by atoms with Gasteiger partial charge in [-0.3, -0.25) is 0 Å². The van der Waals surface area contributed by atoms with Gasteiger partial charge in [0.25, 0.3) is 0 Å². The average Bonchev–Trinajstić information content (AvgIpc) is 3.08. The molecule has 0 aliphatic rings. The Balaban J connectivity index is 1.66. The lowest BCUT2D eigenvalue weighted by atomic mass is 10.3. The van der Waals surface area contributed by atoms with E-state index < -0.39 is 0 Å². The van der Waals surface area contributed by atoms with E-state index in [4.69, 9.17) is 0 Å². The second kappa shape index (κ2) is 5.24. The number of nitrogens with one attached hydrogen (secondary N) is 1. The molecule has 1 aromatic carbocycles. The Kier molecular flexibility index (Phi) is 3.29. The summed E-state index contributed by atoms with van der Waals surface area (Å²) in [6, 6.07) is 12.5. The largest absolute Gasteiger partial charge is 0.380 e. The third-order valence-electron chi connectivity index (χ3n) is 2.81. The van der Waals surface area contributed by atoms with Crippen molar-refractivity contribution in [2.24, 2.45) is 0 Å². The highest BCUT2D eigenvalue weighted by Crippen LogP contribution is 2.18. The van der Waals surface area contributed by atoms with Crippen molar-refractivity contribution >= 4 is 17.0 Å². The fourth-order valence-electron chi connectivity index (χ4n) is 1.84. The first-order valence-electron chi connectivity index (χ1n) is 6.05. The van der Waals surface area contributed by atoms with Crippen LogP contribution >= 0.6 is 11.3 Å². The standard InChI is InChI=1S/C14H14N4S/c1-11-2-7-14(19-11)8-16-12-3-5-13(6-4-12)18-10-15-9-17-18/h2-7,9-10,16H,8H2,1H3. The molecule has 4 nitrogen and oxygen atoms in total. The van der Waals surface area contributed by atoms with Gasteiger partial charge in [-0.1, -0.05) is 0 Å². The molecule has 19 heavy (non-hydrogen) atoms. The molecular formula is C14H14N4S. The number of benzene rings is 1. The van der Waals surface area contributed by atoms with Crippen molar-refractivity contribution in [2.45, 2.75) is 13.5 Å². The van der Waals surface area contributed by atoms with Crippen LogP contribution in [0, 0.1) is 6.92 Å². The highest BCUT2D eigenvalue weighted by Gasteiger charge is 1.99. The van der Waals surface area contributed by atoms with Crippen LogP contribution in [0.25, 0.3) is 5.69 Å². The van der Waals surface area contributed by atoms with Gasteiger partial charge < -0.3 is 5.32 Å². The maximum absolute atomic E-state index is 4.10. The minimum Gasteiger partial charge on any atom is -0.380 e. The first kappa shape index (κ1) is 11.9. The van der Waals surface area contributed by atoms with Crippen molar-refractivity contribution in [1.29, 1.82) is 0 Å².